The first-order valence-electron chi connectivity index (χ1n) is 13.2. The number of pyridine rings is 1. The van der Waals surface area contributed by atoms with Crippen molar-refractivity contribution in [2.75, 3.05) is 0 Å². The zero-order valence-electron chi connectivity index (χ0n) is 21.4. The third-order valence-corrected chi connectivity index (χ3v) is 8.37. The van der Waals surface area contributed by atoms with Gasteiger partial charge in [-0.05, 0) is 71.8 Å². The Hall–Kier alpha value is -5.13. The number of nitrogens with zero attached hydrogens (tertiary/aromatic N) is 4. The summed E-state index contributed by atoms with van der Waals surface area (Å²) in [6.45, 7) is 0. The predicted octanol–water partition coefficient (Wildman–Crippen LogP) is 9.18. The minimum atomic E-state index is 0.934. The number of thiazole rings is 1. The molecule has 0 fully saturated rings. The minimum absolute atomic E-state index is 0.934. The molecular formula is C35H22N4S. The fraction of sp³-hybridized carbons (Fsp3) is 0. The monoisotopic (exact) mass is 530 g/mol. The van der Waals surface area contributed by atoms with Gasteiger partial charge in [0, 0.05) is 28.4 Å². The first-order chi connectivity index (χ1) is 19.8. The number of rotatable bonds is 4. The van der Waals surface area contributed by atoms with Crippen molar-refractivity contribution in [1.82, 2.24) is 19.5 Å². The Kier molecular flexibility index (Phi) is 5.28. The summed E-state index contributed by atoms with van der Waals surface area (Å²) < 4.78 is 3.41. The van der Waals surface area contributed by atoms with E-state index in [1.54, 1.807) is 11.3 Å². The summed E-state index contributed by atoms with van der Waals surface area (Å²) in [7, 11) is 0. The van der Waals surface area contributed by atoms with Crippen molar-refractivity contribution in [3.8, 4) is 38.8 Å². The standard InChI is InChI=1S/C35H22N4S/c1-2-8-28(9-3-1)39-32-11-5-4-10-30(32)37-34(39)24-14-12-23(13-15-24)25-17-19-33-31(22-25)38-35(40-33)27-16-18-29-26(21-27)7-6-20-36-29/h1-22H. The molecule has 3 aromatic heterocycles. The van der Waals surface area contributed by atoms with Crippen LogP contribution in [0.25, 0.3) is 70.9 Å². The topological polar surface area (TPSA) is 43.6 Å². The van der Waals surface area contributed by atoms with Crippen molar-refractivity contribution >= 4 is 43.5 Å². The fourth-order valence-corrected chi connectivity index (χ4v) is 6.25. The van der Waals surface area contributed by atoms with Gasteiger partial charge in [0.2, 0.25) is 0 Å². The molecule has 0 atom stereocenters. The molecule has 0 amide bonds. The quantitative estimate of drug-likeness (QED) is 0.228. The van der Waals surface area contributed by atoms with E-state index < -0.39 is 0 Å². The van der Waals surface area contributed by atoms with Crippen molar-refractivity contribution in [3.05, 3.63) is 134 Å². The summed E-state index contributed by atoms with van der Waals surface area (Å²) in [5.74, 6) is 0.934. The van der Waals surface area contributed by atoms with E-state index in [1.807, 2.05) is 24.4 Å². The highest BCUT2D eigenvalue weighted by molar-refractivity contribution is 7.21. The summed E-state index contributed by atoms with van der Waals surface area (Å²) >= 11 is 1.72. The van der Waals surface area contributed by atoms with Crippen molar-refractivity contribution in [1.29, 1.82) is 0 Å². The van der Waals surface area contributed by atoms with Crippen LogP contribution in [0, 0.1) is 0 Å². The molecule has 0 aliphatic rings. The van der Waals surface area contributed by atoms with Crippen LogP contribution < -0.4 is 0 Å². The number of benzene rings is 5. The van der Waals surface area contributed by atoms with E-state index in [0.717, 1.165) is 66.2 Å². The van der Waals surface area contributed by atoms with Gasteiger partial charge < -0.3 is 0 Å². The van der Waals surface area contributed by atoms with E-state index in [4.69, 9.17) is 9.97 Å². The molecule has 4 nitrogen and oxygen atoms in total. The summed E-state index contributed by atoms with van der Waals surface area (Å²) in [6, 6.07) is 44.3. The fourth-order valence-electron chi connectivity index (χ4n) is 5.31. The first kappa shape index (κ1) is 22.8. The van der Waals surface area contributed by atoms with Crippen LogP contribution in [-0.2, 0) is 0 Å². The Balaban J connectivity index is 1.16. The van der Waals surface area contributed by atoms with Crippen molar-refractivity contribution in [2.24, 2.45) is 0 Å². The number of imidazole rings is 1. The van der Waals surface area contributed by atoms with Gasteiger partial charge >= 0.3 is 0 Å². The molecule has 0 aliphatic carbocycles. The molecule has 40 heavy (non-hydrogen) atoms. The van der Waals surface area contributed by atoms with E-state index in [-0.39, 0.29) is 0 Å². The molecule has 0 unspecified atom stereocenters. The van der Waals surface area contributed by atoms with Gasteiger partial charge in [-0.15, -0.1) is 11.3 Å². The zero-order chi connectivity index (χ0) is 26.5. The third kappa shape index (κ3) is 3.87. The number of fused-ring (bicyclic) bond motifs is 3. The molecule has 0 aliphatic heterocycles. The molecule has 8 rings (SSSR count). The van der Waals surface area contributed by atoms with Gasteiger partial charge in [-0.3, -0.25) is 9.55 Å². The molecule has 0 radical (unpaired) electrons. The average molecular weight is 531 g/mol. The lowest BCUT2D eigenvalue weighted by molar-refractivity contribution is 1.10. The van der Waals surface area contributed by atoms with Crippen molar-refractivity contribution in [3.63, 3.8) is 0 Å². The van der Waals surface area contributed by atoms with Crippen LogP contribution in [0.5, 0.6) is 0 Å². The first-order valence-corrected chi connectivity index (χ1v) is 14.0. The smallest absolute Gasteiger partial charge is 0.145 e. The molecule has 8 aromatic rings. The second-order valence-corrected chi connectivity index (χ2v) is 10.8. The SMILES string of the molecule is c1ccc(-n2c(-c3ccc(-c4ccc5sc(-c6ccc7ncccc7c6)nc5c4)cc3)nc3ccccc32)cc1. The molecule has 0 saturated heterocycles. The molecule has 0 saturated carbocycles. The van der Waals surface area contributed by atoms with E-state index in [0.29, 0.717) is 0 Å². The number of para-hydroxylation sites is 3. The highest BCUT2D eigenvalue weighted by atomic mass is 32.1. The molecule has 5 aromatic carbocycles. The van der Waals surface area contributed by atoms with Gasteiger partial charge in [-0.2, -0.15) is 0 Å². The Bertz CT molecular complexity index is 2160. The van der Waals surface area contributed by atoms with Gasteiger partial charge in [-0.25, -0.2) is 9.97 Å². The molecule has 0 spiro atoms. The minimum Gasteiger partial charge on any atom is -0.292 e. The number of hydrogen-bond acceptors (Lipinski definition) is 4. The summed E-state index contributed by atoms with van der Waals surface area (Å²) in [5.41, 5.74) is 9.69. The Labute approximate surface area is 234 Å². The van der Waals surface area contributed by atoms with E-state index >= 15 is 0 Å². The van der Waals surface area contributed by atoms with Gasteiger partial charge in [0.15, 0.2) is 0 Å². The number of aromatic nitrogens is 4. The second kappa shape index (κ2) is 9.26. The zero-order valence-corrected chi connectivity index (χ0v) is 22.2. The largest absolute Gasteiger partial charge is 0.292 e. The molecular weight excluding hydrogens is 508 g/mol. The average Bonchev–Trinajstić information content (AvgIpc) is 3.63. The van der Waals surface area contributed by atoms with Crippen LogP contribution in [-0.4, -0.2) is 19.5 Å². The Morgan fingerprint density at radius 3 is 2.20 bits per heavy atom. The Morgan fingerprint density at radius 2 is 1.30 bits per heavy atom. The van der Waals surface area contributed by atoms with Crippen LogP contribution in [0.1, 0.15) is 0 Å². The Morgan fingerprint density at radius 1 is 0.525 bits per heavy atom. The highest BCUT2D eigenvalue weighted by Crippen LogP contribution is 2.35. The maximum absolute atomic E-state index is 5.00. The van der Waals surface area contributed by atoms with E-state index in [2.05, 4.69) is 119 Å². The maximum Gasteiger partial charge on any atom is 0.145 e. The second-order valence-electron chi connectivity index (χ2n) is 9.78. The summed E-state index contributed by atoms with van der Waals surface area (Å²) in [5, 5.41) is 2.15. The third-order valence-electron chi connectivity index (χ3n) is 7.29. The lowest BCUT2D eigenvalue weighted by atomic mass is 10.0. The van der Waals surface area contributed by atoms with Crippen LogP contribution in [0.15, 0.2) is 134 Å². The molecule has 5 heteroatoms. The van der Waals surface area contributed by atoms with Crippen molar-refractivity contribution < 1.29 is 0 Å². The van der Waals surface area contributed by atoms with E-state index in [9.17, 15) is 0 Å². The van der Waals surface area contributed by atoms with Gasteiger partial charge in [0.25, 0.3) is 0 Å². The lowest BCUT2D eigenvalue weighted by Crippen LogP contribution is -1.97. The molecule has 0 bridgehead atoms. The normalized spacial score (nSPS) is 11.5. The molecule has 188 valence electrons. The van der Waals surface area contributed by atoms with Gasteiger partial charge in [0.05, 0.1) is 26.8 Å². The van der Waals surface area contributed by atoms with Gasteiger partial charge in [0.1, 0.15) is 10.8 Å². The highest BCUT2D eigenvalue weighted by Gasteiger charge is 2.14. The lowest BCUT2D eigenvalue weighted by Gasteiger charge is -2.10. The van der Waals surface area contributed by atoms with Crippen molar-refractivity contribution in [2.45, 2.75) is 0 Å². The maximum atomic E-state index is 5.00. The molecule has 0 N–H and O–H groups in total. The van der Waals surface area contributed by atoms with E-state index in [1.165, 1.54) is 4.70 Å². The summed E-state index contributed by atoms with van der Waals surface area (Å²) in [6.07, 6.45) is 1.83. The van der Waals surface area contributed by atoms with Crippen LogP contribution >= 0.6 is 11.3 Å². The van der Waals surface area contributed by atoms with Gasteiger partial charge in [-0.1, -0.05) is 66.7 Å². The van der Waals surface area contributed by atoms with Crippen LogP contribution in [0.2, 0.25) is 0 Å². The predicted molar refractivity (Wildman–Crippen MR) is 166 cm³/mol. The number of hydrogen-bond donors (Lipinski definition) is 0. The summed E-state index contributed by atoms with van der Waals surface area (Å²) in [4.78, 5) is 14.4. The van der Waals surface area contributed by atoms with Crippen LogP contribution in [0.4, 0.5) is 0 Å². The molecule has 3 heterocycles. The van der Waals surface area contributed by atoms with Crippen LogP contribution in [0.3, 0.4) is 0 Å².